The summed E-state index contributed by atoms with van der Waals surface area (Å²) in [6, 6.07) is 8.13. The van der Waals surface area contributed by atoms with Crippen molar-refractivity contribution < 1.29 is 4.79 Å². The van der Waals surface area contributed by atoms with Crippen molar-refractivity contribution in [3.05, 3.63) is 53.1 Å². The number of benzene rings is 1. The number of carbonyl (C=O) groups is 1. The zero-order valence-electron chi connectivity index (χ0n) is 8.16. The van der Waals surface area contributed by atoms with E-state index in [1.54, 1.807) is 12.2 Å². The number of rotatable bonds is 2. The summed E-state index contributed by atoms with van der Waals surface area (Å²) in [6.07, 6.45) is 6.17. The quantitative estimate of drug-likeness (QED) is 0.646. The number of fused-ring (bicyclic) bond motifs is 1. The molecule has 2 rings (SSSR count). The molecule has 0 aromatic heterocycles. The standard InChI is InChI=1S/C13H12O/c1-2-5-13(14)12-8-10-6-3-4-7-11(10)9-12/h2-8H,9H2,1H3/b5-2+. The normalized spacial score (nSPS) is 14.2. The molecule has 1 aliphatic carbocycles. The Morgan fingerprint density at radius 2 is 2.14 bits per heavy atom. The maximum atomic E-state index is 11.6. The maximum absolute atomic E-state index is 11.6. The molecule has 0 bridgehead atoms. The molecule has 1 nitrogen and oxygen atoms in total. The van der Waals surface area contributed by atoms with Gasteiger partial charge in [0.25, 0.3) is 0 Å². The Kier molecular flexibility index (Phi) is 2.32. The molecule has 70 valence electrons. The minimum absolute atomic E-state index is 0.128. The van der Waals surface area contributed by atoms with Crippen molar-refractivity contribution in [2.24, 2.45) is 0 Å². The Hall–Kier alpha value is -1.63. The van der Waals surface area contributed by atoms with Crippen LogP contribution in [0.4, 0.5) is 0 Å². The van der Waals surface area contributed by atoms with Gasteiger partial charge in [0, 0.05) is 12.0 Å². The molecule has 0 amide bonds. The van der Waals surface area contributed by atoms with Gasteiger partial charge >= 0.3 is 0 Å². The fourth-order valence-corrected chi connectivity index (χ4v) is 1.70. The molecule has 0 atom stereocenters. The van der Waals surface area contributed by atoms with Gasteiger partial charge in [0.1, 0.15) is 0 Å². The molecule has 0 saturated carbocycles. The molecule has 0 unspecified atom stereocenters. The highest BCUT2D eigenvalue weighted by molar-refractivity contribution is 6.08. The Labute approximate surface area is 83.8 Å². The maximum Gasteiger partial charge on any atom is 0.181 e. The number of hydrogen-bond donors (Lipinski definition) is 0. The molecule has 1 aromatic carbocycles. The summed E-state index contributed by atoms with van der Waals surface area (Å²) >= 11 is 0. The fourth-order valence-electron chi connectivity index (χ4n) is 1.70. The first-order valence-electron chi connectivity index (χ1n) is 4.77. The second kappa shape index (κ2) is 3.62. The predicted molar refractivity (Wildman–Crippen MR) is 57.9 cm³/mol. The first kappa shape index (κ1) is 8.95. The van der Waals surface area contributed by atoms with Crippen molar-refractivity contribution in [2.75, 3.05) is 0 Å². The second-order valence-electron chi connectivity index (χ2n) is 3.41. The lowest BCUT2D eigenvalue weighted by atomic mass is 10.1. The summed E-state index contributed by atoms with van der Waals surface area (Å²) in [5, 5.41) is 0. The smallest absolute Gasteiger partial charge is 0.181 e. The third-order valence-electron chi connectivity index (χ3n) is 2.40. The van der Waals surface area contributed by atoms with E-state index in [0.29, 0.717) is 0 Å². The molecule has 0 spiro atoms. The van der Waals surface area contributed by atoms with E-state index in [0.717, 1.165) is 12.0 Å². The number of carbonyl (C=O) groups excluding carboxylic acids is 1. The van der Waals surface area contributed by atoms with Gasteiger partial charge in [-0.25, -0.2) is 0 Å². The van der Waals surface area contributed by atoms with Gasteiger partial charge in [-0.2, -0.15) is 0 Å². The molecule has 1 heteroatoms. The lowest BCUT2D eigenvalue weighted by Crippen LogP contribution is -1.97. The van der Waals surface area contributed by atoms with E-state index in [-0.39, 0.29) is 5.78 Å². The van der Waals surface area contributed by atoms with Crippen molar-refractivity contribution in [3.8, 4) is 0 Å². The van der Waals surface area contributed by atoms with Crippen LogP contribution in [0.5, 0.6) is 0 Å². The second-order valence-corrected chi connectivity index (χ2v) is 3.41. The summed E-state index contributed by atoms with van der Waals surface area (Å²) < 4.78 is 0. The van der Waals surface area contributed by atoms with Crippen LogP contribution in [-0.4, -0.2) is 5.78 Å². The van der Waals surface area contributed by atoms with Crippen molar-refractivity contribution in [3.63, 3.8) is 0 Å². The predicted octanol–water partition coefficient (Wildman–Crippen LogP) is 2.77. The highest BCUT2D eigenvalue weighted by Crippen LogP contribution is 2.25. The van der Waals surface area contributed by atoms with E-state index in [2.05, 4.69) is 6.07 Å². The summed E-state index contributed by atoms with van der Waals surface area (Å²) in [5.41, 5.74) is 3.32. The third-order valence-corrected chi connectivity index (χ3v) is 2.40. The van der Waals surface area contributed by atoms with Crippen LogP contribution >= 0.6 is 0 Å². The summed E-state index contributed by atoms with van der Waals surface area (Å²) in [4.78, 5) is 11.6. The average molecular weight is 184 g/mol. The van der Waals surface area contributed by atoms with Crippen LogP contribution in [-0.2, 0) is 11.2 Å². The summed E-state index contributed by atoms with van der Waals surface area (Å²) in [5.74, 6) is 0.128. The van der Waals surface area contributed by atoms with Gasteiger partial charge in [0.05, 0.1) is 0 Å². The van der Waals surface area contributed by atoms with Crippen LogP contribution in [0.15, 0.2) is 42.0 Å². The zero-order valence-corrected chi connectivity index (χ0v) is 8.16. The first-order chi connectivity index (χ1) is 6.81. The Balaban J connectivity index is 2.28. The SMILES string of the molecule is C/C=C/C(=O)C1=Cc2ccccc2C1. The van der Waals surface area contributed by atoms with E-state index in [1.807, 2.05) is 31.2 Å². The van der Waals surface area contributed by atoms with Gasteiger partial charge in [-0.1, -0.05) is 30.3 Å². The van der Waals surface area contributed by atoms with E-state index in [9.17, 15) is 4.79 Å². The van der Waals surface area contributed by atoms with Crippen LogP contribution in [0.2, 0.25) is 0 Å². The monoisotopic (exact) mass is 184 g/mol. The highest BCUT2D eigenvalue weighted by Gasteiger charge is 2.15. The summed E-state index contributed by atoms with van der Waals surface area (Å²) in [7, 11) is 0. The third kappa shape index (κ3) is 1.53. The number of ketones is 1. The van der Waals surface area contributed by atoms with Crippen LogP contribution in [0.25, 0.3) is 6.08 Å². The van der Waals surface area contributed by atoms with Crippen molar-refractivity contribution >= 4 is 11.9 Å². The van der Waals surface area contributed by atoms with Crippen molar-refractivity contribution in [1.29, 1.82) is 0 Å². The number of hydrogen-bond acceptors (Lipinski definition) is 1. The van der Waals surface area contributed by atoms with E-state index in [1.165, 1.54) is 11.1 Å². The largest absolute Gasteiger partial charge is 0.290 e. The van der Waals surface area contributed by atoms with Crippen LogP contribution in [0.3, 0.4) is 0 Å². The minimum atomic E-state index is 0.128. The van der Waals surface area contributed by atoms with E-state index in [4.69, 9.17) is 0 Å². The zero-order chi connectivity index (χ0) is 9.97. The fraction of sp³-hybridized carbons (Fsp3) is 0.154. The van der Waals surface area contributed by atoms with Crippen molar-refractivity contribution in [2.45, 2.75) is 13.3 Å². The molecule has 0 N–H and O–H groups in total. The van der Waals surface area contributed by atoms with Crippen LogP contribution in [0.1, 0.15) is 18.1 Å². The molecule has 0 radical (unpaired) electrons. The van der Waals surface area contributed by atoms with Gasteiger partial charge in [0.2, 0.25) is 0 Å². The molecule has 0 saturated heterocycles. The van der Waals surface area contributed by atoms with Crippen LogP contribution < -0.4 is 0 Å². The minimum Gasteiger partial charge on any atom is -0.290 e. The Morgan fingerprint density at radius 1 is 1.36 bits per heavy atom. The van der Waals surface area contributed by atoms with Gasteiger partial charge in [-0.3, -0.25) is 4.79 Å². The van der Waals surface area contributed by atoms with Crippen LogP contribution in [0, 0.1) is 0 Å². The topological polar surface area (TPSA) is 17.1 Å². The summed E-state index contributed by atoms with van der Waals surface area (Å²) in [6.45, 7) is 1.86. The van der Waals surface area contributed by atoms with Gasteiger partial charge in [-0.05, 0) is 30.2 Å². The lowest BCUT2D eigenvalue weighted by molar-refractivity contribution is -0.111. The highest BCUT2D eigenvalue weighted by atomic mass is 16.1. The first-order valence-corrected chi connectivity index (χ1v) is 4.77. The lowest BCUT2D eigenvalue weighted by Gasteiger charge is -1.95. The molecule has 0 aliphatic heterocycles. The van der Waals surface area contributed by atoms with E-state index < -0.39 is 0 Å². The Bertz CT molecular complexity index is 425. The van der Waals surface area contributed by atoms with Gasteiger partial charge < -0.3 is 0 Å². The molecule has 0 fully saturated rings. The van der Waals surface area contributed by atoms with Gasteiger partial charge in [0.15, 0.2) is 5.78 Å². The number of allylic oxidation sites excluding steroid dienone is 3. The van der Waals surface area contributed by atoms with E-state index >= 15 is 0 Å². The van der Waals surface area contributed by atoms with Crippen molar-refractivity contribution in [1.82, 2.24) is 0 Å². The molecular formula is C13H12O. The molecule has 14 heavy (non-hydrogen) atoms. The molecular weight excluding hydrogens is 172 g/mol. The van der Waals surface area contributed by atoms with Gasteiger partial charge in [-0.15, -0.1) is 0 Å². The molecule has 1 aliphatic rings. The molecule has 1 aromatic rings. The Morgan fingerprint density at radius 3 is 2.86 bits per heavy atom. The average Bonchev–Trinajstić information content (AvgIpc) is 2.61. The molecule has 0 heterocycles.